The normalized spacial score (nSPS) is 11.6. The topological polar surface area (TPSA) is 37.3 Å². The van der Waals surface area contributed by atoms with E-state index in [4.69, 9.17) is 4.55 Å². The van der Waals surface area contributed by atoms with E-state index < -0.39 is 11.1 Å². The average Bonchev–Trinajstić information content (AvgIpc) is 2.30. The maximum atomic E-state index is 10.9. The molecule has 84 valence electrons. The summed E-state index contributed by atoms with van der Waals surface area (Å²) in [5.74, 6) is 0. The maximum absolute atomic E-state index is 10.9. The first-order valence-corrected chi connectivity index (χ1v) is 5.64. The molecule has 0 saturated heterocycles. The van der Waals surface area contributed by atoms with Crippen LogP contribution in [0.4, 0.5) is 0 Å². The smallest absolute Gasteiger partial charge is 0.186 e. The summed E-state index contributed by atoms with van der Waals surface area (Å²) in [5.41, 5.74) is 2.00. The fraction of sp³-hybridized carbons (Fsp3) is 0. The van der Waals surface area contributed by atoms with Gasteiger partial charge in [0.25, 0.3) is 0 Å². The van der Waals surface area contributed by atoms with E-state index in [1.165, 1.54) is 0 Å². The molecule has 0 bridgehead atoms. The molecular weight excluding hydrogens is 240 g/mol. The van der Waals surface area contributed by atoms with Crippen LogP contribution >= 0.6 is 13.5 Å². The third-order valence-corrected chi connectivity index (χ3v) is 2.80. The highest BCUT2D eigenvalue weighted by Gasteiger charge is 2.01. The Hall–Kier alpha value is -1.10. The highest BCUT2D eigenvalue weighted by Crippen LogP contribution is 2.20. The molecule has 16 heavy (non-hydrogen) atoms. The molecule has 0 amide bonds. The zero-order valence-corrected chi connectivity index (χ0v) is 10.3. The first-order chi connectivity index (χ1) is 7.27. The summed E-state index contributed by atoms with van der Waals surface area (Å²) in [4.78, 5) is 0.427. The van der Waals surface area contributed by atoms with Gasteiger partial charge in [0.2, 0.25) is 0 Å². The first-order valence-electron chi connectivity index (χ1n) is 4.54. The molecule has 2 rings (SSSR count). The minimum absolute atomic E-state index is 0. The van der Waals surface area contributed by atoms with E-state index in [9.17, 15) is 4.21 Å². The second-order valence-electron chi connectivity index (χ2n) is 3.14. The molecule has 1 N–H and O–H groups in total. The molecule has 0 aliphatic carbocycles. The molecule has 0 aliphatic heterocycles. The Bertz CT molecular complexity index is 483. The number of hydrogen-bond donors (Lipinski definition) is 1. The lowest BCUT2D eigenvalue weighted by molar-refractivity contribution is 0.564. The SMILES string of the molecule is O=S(O)c1cccc(-c2ccccc2)c1.S. The van der Waals surface area contributed by atoms with Gasteiger partial charge in [0.15, 0.2) is 11.1 Å². The van der Waals surface area contributed by atoms with Crippen molar-refractivity contribution in [3.05, 3.63) is 54.6 Å². The van der Waals surface area contributed by atoms with Crippen LogP contribution in [-0.2, 0) is 11.1 Å². The lowest BCUT2D eigenvalue weighted by Gasteiger charge is -2.02. The van der Waals surface area contributed by atoms with Gasteiger partial charge in [-0.25, -0.2) is 4.21 Å². The Kier molecular flexibility index (Phi) is 4.73. The summed E-state index contributed by atoms with van der Waals surface area (Å²) in [6.45, 7) is 0. The van der Waals surface area contributed by atoms with E-state index in [0.29, 0.717) is 4.90 Å². The van der Waals surface area contributed by atoms with Gasteiger partial charge in [-0.1, -0.05) is 42.5 Å². The van der Waals surface area contributed by atoms with Gasteiger partial charge in [0.05, 0.1) is 4.90 Å². The highest BCUT2D eigenvalue weighted by molar-refractivity contribution is 7.79. The molecule has 1 atom stereocenters. The summed E-state index contributed by atoms with van der Waals surface area (Å²) in [6.07, 6.45) is 0. The zero-order valence-electron chi connectivity index (χ0n) is 8.46. The van der Waals surface area contributed by atoms with Crippen LogP contribution in [-0.4, -0.2) is 8.76 Å². The van der Waals surface area contributed by atoms with Crippen molar-refractivity contribution in [2.45, 2.75) is 4.90 Å². The second kappa shape index (κ2) is 5.84. The Morgan fingerprint density at radius 1 is 0.875 bits per heavy atom. The molecule has 2 aromatic rings. The molecule has 2 nitrogen and oxygen atoms in total. The van der Waals surface area contributed by atoms with Gasteiger partial charge >= 0.3 is 0 Å². The summed E-state index contributed by atoms with van der Waals surface area (Å²) >= 11 is -1.91. The third kappa shape index (κ3) is 2.95. The highest BCUT2D eigenvalue weighted by atomic mass is 32.2. The fourth-order valence-corrected chi connectivity index (χ4v) is 1.84. The van der Waals surface area contributed by atoms with Gasteiger partial charge < -0.3 is 4.55 Å². The zero-order chi connectivity index (χ0) is 10.7. The van der Waals surface area contributed by atoms with Gasteiger partial charge in [-0.2, -0.15) is 13.5 Å². The van der Waals surface area contributed by atoms with Gasteiger partial charge in [0, 0.05) is 0 Å². The first kappa shape index (κ1) is 13.0. The van der Waals surface area contributed by atoms with E-state index in [1.807, 2.05) is 36.4 Å². The second-order valence-corrected chi connectivity index (χ2v) is 4.11. The molecule has 0 heterocycles. The van der Waals surface area contributed by atoms with Crippen molar-refractivity contribution in [2.75, 3.05) is 0 Å². The molecule has 0 aromatic heterocycles. The van der Waals surface area contributed by atoms with Gasteiger partial charge in [-0.3, -0.25) is 0 Å². The number of benzene rings is 2. The van der Waals surface area contributed by atoms with Crippen LogP contribution < -0.4 is 0 Å². The summed E-state index contributed by atoms with van der Waals surface area (Å²) < 4.78 is 19.9. The standard InChI is InChI=1S/C12H10O2S.H2S/c13-15(14)12-8-4-7-11(9-12)10-5-2-1-3-6-10;/h1-9H,(H,13,14);1H2. The number of hydrogen-bond acceptors (Lipinski definition) is 1. The van der Waals surface area contributed by atoms with Crippen molar-refractivity contribution in [1.29, 1.82) is 0 Å². The van der Waals surface area contributed by atoms with Crippen LogP contribution in [0.5, 0.6) is 0 Å². The van der Waals surface area contributed by atoms with Gasteiger partial charge in [-0.15, -0.1) is 0 Å². The van der Waals surface area contributed by atoms with Crippen molar-refractivity contribution in [3.63, 3.8) is 0 Å². The van der Waals surface area contributed by atoms with E-state index in [2.05, 4.69) is 0 Å². The van der Waals surface area contributed by atoms with E-state index >= 15 is 0 Å². The fourth-order valence-electron chi connectivity index (χ4n) is 1.41. The van der Waals surface area contributed by atoms with E-state index in [1.54, 1.807) is 18.2 Å². The van der Waals surface area contributed by atoms with Gasteiger partial charge in [0.1, 0.15) is 0 Å². The number of rotatable bonds is 2. The molecule has 1 unspecified atom stereocenters. The summed E-state index contributed by atoms with van der Waals surface area (Å²) in [7, 11) is 0. The van der Waals surface area contributed by atoms with Crippen molar-refractivity contribution in [3.8, 4) is 11.1 Å². The van der Waals surface area contributed by atoms with Crippen LogP contribution in [0.3, 0.4) is 0 Å². The van der Waals surface area contributed by atoms with Crippen LogP contribution in [0.25, 0.3) is 11.1 Å². The predicted molar refractivity (Wildman–Crippen MR) is 71.3 cm³/mol. The largest absolute Gasteiger partial charge is 0.302 e. The molecule has 2 aromatic carbocycles. The molecule has 0 fully saturated rings. The van der Waals surface area contributed by atoms with Crippen LogP contribution in [0, 0.1) is 0 Å². The summed E-state index contributed by atoms with van der Waals surface area (Å²) in [5, 5.41) is 0. The molecule has 0 radical (unpaired) electrons. The summed E-state index contributed by atoms with van der Waals surface area (Å²) in [6, 6.07) is 16.8. The van der Waals surface area contributed by atoms with Crippen LogP contribution in [0.1, 0.15) is 0 Å². The molecule has 0 spiro atoms. The molecule has 0 saturated carbocycles. The van der Waals surface area contributed by atoms with Gasteiger partial charge in [-0.05, 0) is 23.3 Å². The van der Waals surface area contributed by atoms with Crippen molar-refractivity contribution in [1.82, 2.24) is 0 Å². The van der Waals surface area contributed by atoms with Crippen molar-refractivity contribution >= 4 is 24.6 Å². The van der Waals surface area contributed by atoms with Crippen LogP contribution in [0.15, 0.2) is 59.5 Å². The van der Waals surface area contributed by atoms with E-state index in [0.717, 1.165) is 11.1 Å². The quantitative estimate of drug-likeness (QED) is 0.834. The third-order valence-electron chi connectivity index (χ3n) is 2.14. The monoisotopic (exact) mass is 252 g/mol. The molecule has 0 aliphatic rings. The molecular formula is C12H12O2S2. The Balaban J connectivity index is 0.00000128. The van der Waals surface area contributed by atoms with Crippen molar-refractivity contribution in [2.24, 2.45) is 0 Å². The maximum Gasteiger partial charge on any atom is 0.186 e. The minimum Gasteiger partial charge on any atom is -0.302 e. The molecule has 4 heteroatoms. The van der Waals surface area contributed by atoms with Crippen molar-refractivity contribution < 1.29 is 8.76 Å². The van der Waals surface area contributed by atoms with Crippen LogP contribution in [0.2, 0.25) is 0 Å². The lowest BCUT2D eigenvalue weighted by atomic mass is 10.1. The Morgan fingerprint density at radius 3 is 2.12 bits per heavy atom. The lowest BCUT2D eigenvalue weighted by Crippen LogP contribution is -1.88. The Labute approximate surface area is 104 Å². The Morgan fingerprint density at radius 2 is 1.50 bits per heavy atom. The predicted octanol–water partition coefficient (Wildman–Crippen LogP) is 3.05. The van der Waals surface area contributed by atoms with E-state index in [-0.39, 0.29) is 13.5 Å². The minimum atomic E-state index is -1.91. The average molecular weight is 252 g/mol.